The predicted octanol–water partition coefficient (Wildman–Crippen LogP) is 4.30. The second-order valence-corrected chi connectivity index (χ2v) is 5.15. The lowest BCUT2D eigenvalue weighted by molar-refractivity contribution is 0.464. The number of nitrogen functional groups attached to an aromatic ring is 1. The molecule has 24 heavy (non-hydrogen) atoms. The zero-order chi connectivity index (χ0) is 16.9. The van der Waals surface area contributed by atoms with E-state index < -0.39 is 5.82 Å². The van der Waals surface area contributed by atoms with Crippen LogP contribution in [0.2, 0.25) is 0 Å². The monoisotopic (exact) mass is 324 g/mol. The zero-order valence-electron chi connectivity index (χ0n) is 13.2. The van der Waals surface area contributed by atoms with Gasteiger partial charge in [-0.15, -0.1) is 0 Å². The maximum atomic E-state index is 13.7. The van der Waals surface area contributed by atoms with Crippen LogP contribution in [0.1, 0.15) is 12.5 Å². The van der Waals surface area contributed by atoms with E-state index in [-0.39, 0.29) is 23.1 Å². The molecule has 0 amide bonds. The second-order valence-electron chi connectivity index (χ2n) is 5.15. The molecule has 0 saturated carbocycles. The van der Waals surface area contributed by atoms with Crippen molar-refractivity contribution in [2.24, 2.45) is 0 Å². The number of halogens is 1. The third kappa shape index (κ3) is 3.43. The van der Waals surface area contributed by atoms with E-state index in [0.29, 0.717) is 5.75 Å². The van der Waals surface area contributed by atoms with Gasteiger partial charge in [0.15, 0.2) is 5.82 Å². The molecular formula is C18H17FN4O. The fourth-order valence-corrected chi connectivity index (χ4v) is 2.16. The Hall–Kier alpha value is -3.15. The van der Waals surface area contributed by atoms with Crippen molar-refractivity contribution in [1.29, 1.82) is 0 Å². The standard InChI is InChI=1S/C18H17FN4O/c1-2-12-7-9-13(10-8-12)24-18-16(20)17(21-11-22-18)23-15-6-4-3-5-14(15)19/h3-11H,2,20H2,1H3,(H,21,22,23). The summed E-state index contributed by atoms with van der Waals surface area (Å²) in [5.41, 5.74) is 7.75. The highest BCUT2D eigenvalue weighted by molar-refractivity contribution is 5.72. The van der Waals surface area contributed by atoms with Crippen LogP contribution in [0.3, 0.4) is 0 Å². The molecule has 1 heterocycles. The third-order valence-electron chi connectivity index (χ3n) is 3.52. The molecule has 3 rings (SSSR count). The fourth-order valence-electron chi connectivity index (χ4n) is 2.16. The first-order chi connectivity index (χ1) is 11.7. The molecule has 0 radical (unpaired) electrons. The summed E-state index contributed by atoms with van der Waals surface area (Å²) in [6.07, 6.45) is 2.27. The molecule has 5 nitrogen and oxygen atoms in total. The van der Waals surface area contributed by atoms with Crippen LogP contribution in [-0.4, -0.2) is 9.97 Å². The Bertz CT molecular complexity index is 837. The van der Waals surface area contributed by atoms with E-state index in [9.17, 15) is 4.39 Å². The molecule has 3 N–H and O–H groups in total. The van der Waals surface area contributed by atoms with Gasteiger partial charge in [0.25, 0.3) is 0 Å². The molecule has 122 valence electrons. The van der Waals surface area contributed by atoms with Gasteiger partial charge in [-0.25, -0.2) is 9.37 Å². The summed E-state index contributed by atoms with van der Waals surface area (Å²) in [4.78, 5) is 8.10. The van der Waals surface area contributed by atoms with E-state index in [4.69, 9.17) is 10.5 Å². The number of nitrogens with zero attached hydrogens (tertiary/aromatic N) is 2. The molecule has 0 aliphatic rings. The van der Waals surface area contributed by atoms with E-state index in [1.165, 1.54) is 18.0 Å². The van der Waals surface area contributed by atoms with E-state index in [2.05, 4.69) is 22.2 Å². The summed E-state index contributed by atoms with van der Waals surface area (Å²) in [6.45, 7) is 2.08. The minimum Gasteiger partial charge on any atom is -0.437 e. The molecular weight excluding hydrogens is 307 g/mol. The van der Waals surface area contributed by atoms with E-state index in [0.717, 1.165) is 6.42 Å². The SMILES string of the molecule is CCc1ccc(Oc2ncnc(Nc3ccccc3F)c2N)cc1. The smallest absolute Gasteiger partial charge is 0.248 e. The number of hydrogen-bond donors (Lipinski definition) is 2. The van der Waals surface area contributed by atoms with Gasteiger partial charge in [0.05, 0.1) is 5.69 Å². The molecule has 0 spiro atoms. The number of rotatable bonds is 5. The van der Waals surface area contributed by atoms with Crippen LogP contribution in [0.5, 0.6) is 11.6 Å². The average molecular weight is 324 g/mol. The van der Waals surface area contributed by atoms with Crippen LogP contribution in [0, 0.1) is 5.82 Å². The van der Waals surface area contributed by atoms with Crippen molar-refractivity contribution >= 4 is 17.2 Å². The number of hydrogen-bond acceptors (Lipinski definition) is 5. The van der Waals surface area contributed by atoms with Crippen molar-refractivity contribution in [2.75, 3.05) is 11.1 Å². The summed E-state index contributed by atoms with van der Waals surface area (Å²) in [5, 5.41) is 2.85. The first kappa shape index (κ1) is 15.7. The van der Waals surface area contributed by atoms with Crippen molar-refractivity contribution in [3.8, 4) is 11.6 Å². The topological polar surface area (TPSA) is 73.1 Å². The number of anilines is 3. The van der Waals surface area contributed by atoms with Gasteiger partial charge in [-0.2, -0.15) is 4.98 Å². The Kier molecular flexibility index (Phi) is 4.56. The fraction of sp³-hybridized carbons (Fsp3) is 0.111. The van der Waals surface area contributed by atoms with Gasteiger partial charge in [0.1, 0.15) is 23.6 Å². The molecule has 2 aromatic carbocycles. The van der Waals surface area contributed by atoms with Gasteiger partial charge in [-0.05, 0) is 36.2 Å². The van der Waals surface area contributed by atoms with Crippen LogP contribution in [-0.2, 0) is 6.42 Å². The zero-order valence-corrected chi connectivity index (χ0v) is 13.2. The van der Waals surface area contributed by atoms with Gasteiger partial charge in [-0.3, -0.25) is 0 Å². The lowest BCUT2D eigenvalue weighted by Crippen LogP contribution is -2.04. The summed E-state index contributed by atoms with van der Waals surface area (Å²) in [5.74, 6) is 0.728. The second kappa shape index (κ2) is 6.95. The first-order valence-electron chi connectivity index (χ1n) is 7.56. The molecule has 3 aromatic rings. The number of aromatic nitrogens is 2. The van der Waals surface area contributed by atoms with Crippen LogP contribution in [0.25, 0.3) is 0 Å². The van der Waals surface area contributed by atoms with Crippen LogP contribution in [0.15, 0.2) is 54.9 Å². The maximum Gasteiger partial charge on any atom is 0.248 e. The highest BCUT2D eigenvalue weighted by Gasteiger charge is 2.12. The predicted molar refractivity (Wildman–Crippen MR) is 92.0 cm³/mol. The largest absolute Gasteiger partial charge is 0.437 e. The summed E-state index contributed by atoms with van der Waals surface area (Å²) >= 11 is 0. The Balaban J connectivity index is 1.83. The normalized spacial score (nSPS) is 10.4. The number of nitrogens with one attached hydrogen (secondary N) is 1. The molecule has 0 fully saturated rings. The van der Waals surface area contributed by atoms with Crippen LogP contribution in [0.4, 0.5) is 21.6 Å². The Morgan fingerprint density at radius 1 is 1.08 bits per heavy atom. The number of nitrogens with two attached hydrogens (primary N) is 1. The van der Waals surface area contributed by atoms with Crippen molar-refractivity contribution in [3.63, 3.8) is 0 Å². The number of benzene rings is 2. The number of ether oxygens (including phenoxy) is 1. The Morgan fingerprint density at radius 2 is 1.83 bits per heavy atom. The Morgan fingerprint density at radius 3 is 2.54 bits per heavy atom. The lowest BCUT2D eigenvalue weighted by Gasteiger charge is -2.12. The van der Waals surface area contributed by atoms with Gasteiger partial charge >= 0.3 is 0 Å². The molecule has 0 unspecified atom stereocenters. The first-order valence-corrected chi connectivity index (χ1v) is 7.56. The minimum absolute atomic E-state index is 0.209. The third-order valence-corrected chi connectivity index (χ3v) is 3.52. The summed E-state index contributed by atoms with van der Waals surface area (Å²) in [6, 6.07) is 13.9. The van der Waals surface area contributed by atoms with Crippen molar-refractivity contribution < 1.29 is 9.13 Å². The molecule has 0 aliphatic carbocycles. The van der Waals surface area contributed by atoms with E-state index in [1.807, 2.05) is 24.3 Å². The number of para-hydroxylation sites is 1. The van der Waals surface area contributed by atoms with Crippen molar-refractivity contribution in [3.05, 3.63) is 66.2 Å². The van der Waals surface area contributed by atoms with Gasteiger partial charge < -0.3 is 15.8 Å². The summed E-state index contributed by atoms with van der Waals surface area (Å²) < 4.78 is 19.5. The molecule has 0 aliphatic heterocycles. The molecule has 6 heteroatoms. The molecule has 0 atom stereocenters. The maximum absolute atomic E-state index is 13.7. The van der Waals surface area contributed by atoms with Gasteiger partial charge in [-0.1, -0.05) is 31.2 Å². The van der Waals surface area contributed by atoms with Gasteiger partial charge in [0.2, 0.25) is 5.88 Å². The minimum atomic E-state index is -0.395. The van der Waals surface area contributed by atoms with E-state index >= 15 is 0 Å². The van der Waals surface area contributed by atoms with Crippen molar-refractivity contribution in [2.45, 2.75) is 13.3 Å². The molecule has 0 saturated heterocycles. The lowest BCUT2D eigenvalue weighted by atomic mass is 10.2. The van der Waals surface area contributed by atoms with Crippen LogP contribution < -0.4 is 15.8 Å². The van der Waals surface area contributed by atoms with Crippen molar-refractivity contribution in [1.82, 2.24) is 9.97 Å². The average Bonchev–Trinajstić information content (AvgIpc) is 2.61. The van der Waals surface area contributed by atoms with Gasteiger partial charge in [0, 0.05) is 0 Å². The number of aryl methyl sites for hydroxylation is 1. The molecule has 1 aromatic heterocycles. The Labute approximate surface area is 139 Å². The molecule has 0 bridgehead atoms. The highest BCUT2D eigenvalue weighted by Crippen LogP contribution is 2.31. The van der Waals surface area contributed by atoms with Crippen LogP contribution >= 0.6 is 0 Å². The highest BCUT2D eigenvalue weighted by atomic mass is 19.1. The van der Waals surface area contributed by atoms with E-state index in [1.54, 1.807) is 18.2 Å². The summed E-state index contributed by atoms with van der Waals surface area (Å²) in [7, 11) is 0. The quantitative estimate of drug-likeness (QED) is 0.732.